The first-order valence-electron chi connectivity index (χ1n) is 11.4. The Morgan fingerprint density at radius 3 is 2.22 bits per heavy atom. The molecule has 1 atom stereocenters. The highest BCUT2D eigenvalue weighted by molar-refractivity contribution is 6.30. The first-order valence-corrected chi connectivity index (χ1v) is 11.9. The smallest absolute Gasteiger partial charge is 0.251 e. The van der Waals surface area contributed by atoms with Crippen molar-refractivity contribution in [3.8, 4) is 0 Å². The van der Waals surface area contributed by atoms with E-state index in [0.717, 1.165) is 31.2 Å². The van der Waals surface area contributed by atoms with Crippen LogP contribution in [-0.2, 0) is 20.5 Å². The van der Waals surface area contributed by atoms with E-state index in [4.69, 9.17) is 11.6 Å². The Labute approximate surface area is 196 Å². The Hall–Kier alpha value is -2.40. The van der Waals surface area contributed by atoms with Crippen molar-refractivity contribution in [1.82, 2.24) is 10.3 Å². The minimum Gasteiger partial charge on any atom is -0.351 e. The van der Waals surface area contributed by atoms with Crippen LogP contribution in [0.25, 0.3) is 0 Å². The van der Waals surface area contributed by atoms with Crippen molar-refractivity contribution in [3.05, 3.63) is 59.9 Å². The lowest BCUT2D eigenvalue weighted by Crippen LogP contribution is -2.59. The molecule has 1 aromatic carbocycles. The number of benzene rings is 1. The molecule has 0 bridgehead atoms. The number of rotatable bonds is 6. The quantitative estimate of drug-likeness (QED) is 0.600. The zero-order valence-electron chi connectivity index (χ0n) is 19.5. The van der Waals surface area contributed by atoms with Crippen LogP contribution in [-0.4, -0.2) is 28.7 Å². The van der Waals surface area contributed by atoms with Gasteiger partial charge in [-0.15, -0.1) is 11.6 Å². The Morgan fingerprint density at radius 2 is 1.69 bits per heavy atom. The molecule has 1 N–H and O–H groups in total. The maximum Gasteiger partial charge on any atom is 0.251 e. The zero-order valence-corrected chi connectivity index (χ0v) is 20.3. The van der Waals surface area contributed by atoms with E-state index in [1.54, 1.807) is 25.4 Å². The minimum atomic E-state index is -1.29. The van der Waals surface area contributed by atoms with Crippen LogP contribution in [0.1, 0.15) is 70.9 Å². The van der Waals surface area contributed by atoms with Crippen LogP contribution in [0, 0.1) is 0 Å². The number of anilines is 1. The minimum absolute atomic E-state index is 0.0230. The number of carbonyl (C=O) groups is 2. The van der Waals surface area contributed by atoms with Gasteiger partial charge in [0.1, 0.15) is 5.88 Å². The number of nitrogens with zero attached hydrogens (tertiary/aromatic N) is 2. The van der Waals surface area contributed by atoms with Crippen LogP contribution in [0.15, 0.2) is 48.8 Å². The van der Waals surface area contributed by atoms with Gasteiger partial charge < -0.3 is 5.32 Å². The van der Waals surface area contributed by atoms with Gasteiger partial charge in [-0.2, -0.15) is 0 Å². The molecule has 5 nitrogen and oxygen atoms in total. The van der Waals surface area contributed by atoms with E-state index in [2.05, 4.69) is 31.1 Å². The molecular formula is C26H34ClN3O2. The van der Waals surface area contributed by atoms with E-state index in [1.165, 1.54) is 11.3 Å². The normalized spacial score (nSPS) is 16.8. The molecule has 1 saturated carbocycles. The lowest BCUT2D eigenvalue weighted by Gasteiger charge is -2.41. The summed E-state index contributed by atoms with van der Waals surface area (Å²) < 4.78 is 0. The van der Waals surface area contributed by atoms with Gasteiger partial charge in [-0.3, -0.25) is 19.5 Å². The van der Waals surface area contributed by atoms with Crippen LogP contribution >= 0.6 is 11.6 Å². The van der Waals surface area contributed by atoms with E-state index >= 15 is 0 Å². The molecule has 1 aliphatic carbocycles. The molecule has 2 aromatic rings. The average molecular weight is 456 g/mol. The number of amides is 2. The van der Waals surface area contributed by atoms with E-state index < -0.39 is 5.54 Å². The molecule has 32 heavy (non-hydrogen) atoms. The number of carbonyl (C=O) groups excluding carboxylic acids is 2. The fraction of sp³-hybridized carbons (Fsp3) is 0.500. The third-order valence-corrected chi connectivity index (χ3v) is 6.64. The van der Waals surface area contributed by atoms with Crippen LogP contribution < -0.4 is 10.2 Å². The van der Waals surface area contributed by atoms with E-state index in [0.29, 0.717) is 11.3 Å². The zero-order chi connectivity index (χ0) is 23.4. The second-order valence-electron chi connectivity index (χ2n) is 9.78. The van der Waals surface area contributed by atoms with E-state index in [9.17, 15) is 9.59 Å². The van der Waals surface area contributed by atoms with Gasteiger partial charge in [0.2, 0.25) is 5.91 Å². The Kier molecular flexibility index (Phi) is 7.60. The number of alkyl halides is 1. The van der Waals surface area contributed by atoms with Gasteiger partial charge in [0.15, 0.2) is 5.54 Å². The topological polar surface area (TPSA) is 62.3 Å². The summed E-state index contributed by atoms with van der Waals surface area (Å²) in [5.41, 5.74) is 1.11. The van der Waals surface area contributed by atoms with Gasteiger partial charge in [0.05, 0.1) is 0 Å². The van der Waals surface area contributed by atoms with Crippen molar-refractivity contribution in [3.63, 3.8) is 0 Å². The van der Waals surface area contributed by atoms with E-state index in [1.807, 2.05) is 30.3 Å². The van der Waals surface area contributed by atoms with Crippen molar-refractivity contribution < 1.29 is 9.59 Å². The number of halogens is 1. The number of nitrogens with one attached hydrogen (secondary N) is 1. The first-order chi connectivity index (χ1) is 15.2. The summed E-state index contributed by atoms with van der Waals surface area (Å²) in [6.07, 6.45) is 8.63. The predicted molar refractivity (Wildman–Crippen MR) is 130 cm³/mol. The summed E-state index contributed by atoms with van der Waals surface area (Å²) in [5, 5.41) is 3.22. The monoisotopic (exact) mass is 455 g/mol. The standard InChI is InChI=1S/C26H34ClN3O2/c1-25(2,3)19-12-14-22(15-13-19)30(23(31)17-27)26(4,20-9-8-16-28-18-20)24(32)29-21-10-6-5-7-11-21/h8-9,12-16,18,21H,5-7,10-11,17H2,1-4H3,(H,29,32)/t26-/m1/s1. The Balaban J connectivity index is 2.08. The molecule has 1 heterocycles. The van der Waals surface area contributed by atoms with Gasteiger partial charge >= 0.3 is 0 Å². The number of hydrogen-bond acceptors (Lipinski definition) is 3. The summed E-state index contributed by atoms with van der Waals surface area (Å²) >= 11 is 6.05. The molecule has 1 aliphatic rings. The number of hydrogen-bond donors (Lipinski definition) is 1. The van der Waals surface area contributed by atoms with Gasteiger partial charge in [0, 0.05) is 29.7 Å². The lowest BCUT2D eigenvalue weighted by atomic mass is 9.85. The molecule has 172 valence electrons. The molecule has 1 aromatic heterocycles. The molecular weight excluding hydrogens is 422 g/mol. The fourth-order valence-electron chi connectivity index (χ4n) is 4.41. The SMILES string of the molecule is CC(C)(C)c1ccc(N(C(=O)CCl)[C@@](C)(C(=O)NC2CCCCC2)c2cccnc2)cc1. The highest BCUT2D eigenvalue weighted by Crippen LogP contribution is 2.35. The number of pyridine rings is 1. The highest BCUT2D eigenvalue weighted by Gasteiger charge is 2.45. The summed E-state index contributed by atoms with van der Waals surface area (Å²) in [4.78, 5) is 32.8. The molecule has 0 radical (unpaired) electrons. The molecule has 0 unspecified atom stereocenters. The van der Waals surface area contributed by atoms with Crippen LogP contribution in [0.5, 0.6) is 0 Å². The van der Waals surface area contributed by atoms with Gasteiger partial charge in [0.25, 0.3) is 5.91 Å². The number of aromatic nitrogens is 1. The average Bonchev–Trinajstić information content (AvgIpc) is 2.80. The lowest BCUT2D eigenvalue weighted by molar-refractivity contribution is -0.130. The van der Waals surface area contributed by atoms with Crippen molar-refractivity contribution in [2.24, 2.45) is 0 Å². The molecule has 2 amide bonds. The summed E-state index contributed by atoms with van der Waals surface area (Å²) in [6.45, 7) is 8.20. The molecule has 0 saturated heterocycles. The van der Waals surface area contributed by atoms with Crippen LogP contribution in [0.3, 0.4) is 0 Å². The highest BCUT2D eigenvalue weighted by atomic mass is 35.5. The summed E-state index contributed by atoms with van der Waals surface area (Å²) in [7, 11) is 0. The maximum atomic E-state index is 13.8. The molecule has 0 aliphatic heterocycles. The maximum absolute atomic E-state index is 13.8. The van der Waals surface area contributed by atoms with Crippen LogP contribution in [0.2, 0.25) is 0 Å². The van der Waals surface area contributed by atoms with Gasteiger partial charge in [-0.1, -0.05) is 58.2 Å². The second-order valence-corrected chi connectivity index (χ2v) is 10.0. The second kappa shape index (κ2) is 10.0. The molecule has 1 fully saturated rings. The van der Waals surface area contributed by atoms with Crippen molar-refractivity contribution in [2.75, 3.05) is 10.8 Å². The van der Waals surface area contributed by atoms with E-state index in [-0.39, 0.29) is 29.2 Å². The van der Waals surface area contributed by atoms with Gasteiger partial charge in [-0.05, 0) is 48.9 Å². The molecule has 3 rings (SSSR count). The van der Waals surface area contributed by atoms with Crippen molar-refractivity contribution in [1.29, 1.82) is 0 Å². The van der Waals surface area contributed by atoms with Gasteiger partial charge in [-0.25, -0.2) is 0 Å². The van der Waals surface area contributed by atoms with Crippen LogP contribution in [0.4, 0.5) is 5.69 Å². The van der Waals surface area contributed by atoms with Crippen molar-refractivity contribution in [2.45, 2.75) is 76.8 Å². The molecule has 6 heteroatoms. The summed E-state index contributed by atoms with van der Waals surface area (Å²) in [5.74, 6) is -0.774. The third kappa shape index (κ3) is 5.15. The predicted octanol–water partition coefficient (Wildman–Crippen LogP) is 5.32. The third-order valence-electron chi connectivity index (χ3n) is 6.41. The largest absolute Gasteiger partial charge is 0.351 e. The molecule has 0 spiro atoms. The summed E-state index contributed by atoms with van der Waals surface area (Å²) in [6, 6.07) is 11.5. The Bertz CT molecular complexity index is 918. The fourth-order valence-corrected chi connectivity index (χ4v) is 4.53. The van der Waals surface area contributed by atoms with Crippen molar-refractivity contribution >= 4 is 29.1 Å². The first kappa shape index (κ1) is 24.2. The Morgan fingerprint density at radius 1 is 1.03 bits per heavy atom.